The number of nitrogens with zero attached hydrogens (tertiary/aromatic N) is 3. The molecule has 2 atom stereocenters. The van der Waals surface area contributed by atoms with Crippen LogP contribution in [0.1, 0.15) is 25.7 Å². The van der Waals surface area contributed by atoms with Crippen molar-refractivity contribution in [1.29, 1.82) is 0 Å². The number of likely N-dealkylation sites (tertiary alicyclic amines) is 1. The van der Waals surface area contributed by atoms with Gasteiger partial charge in [0.15, 0.2) is 0 Å². The van der Waals surface area contributed by atoms with Gasteiger partial charge in [0.2, 0.25) is 11.7 Å². The van der Waals surface area contributed by atoms with E-state index < -0.39 is 0 Å². The lowest BCUT2D eigenvalue weighted by Gasteiger charge is -2.38. The molecule has 0 spiro atoms. The van der Waals surface area contributed by atoms with Crippen LogP contribution in [0.2, 0.25) is 5.02 Å². The summed E-state index contributed by atoms with van der Waals surface area (Å²) >= 11 is 5.99. The van der Waals surface area contributed by atoms with Crippen molar-refractivity contribution in [3.8, 4) is 11.4 Å². The number of hydrogen-bond acceptors (Lipinski definition) is 5. The van der Waals surface area contributed by atoms with E-state index in [4.69, 9.17) is 16.1 Å². The molecule has 1 fully saturated rings. The first-order valence-electron chi connectivity index (χ1n) is 7.61. The molecule has 2 aromatic rings. The molecule has 2 unspecified atom stereocenters. The Bertz CT molecular complexity index is 631. The molecule has 0 amide bonds. The Labute approximate surface area is 134 Å². The van der Waals surface area contributed by atoms with Gasteiger partial charge in [-0.3, -0.25) is 4.90 Å². The fraction of sp³-hybridized carbons (Fsp3) is 0.500. The molecule has 0 aliphatic carbocycles. The maximum atomic E-state index is 9.60. The summed E-state index contributed by atoms with van der Waals surface area (Å²) in [6, 6.07) is 7.56. The summed E-state index contributed by atoms with van der Waals surface area (Å²) in [5.74, 6) is 1.60. The van der Waals surface area contributed by atoms with Crippen LogP contribution >= 0.6 is 11.6 Å². The third kappa shape index (κ3) is 3.32. The Kier molecular flexibility index (Phi) is 4.76. The van der Waals surface area contributed by atoms with Crippen LogP contribution in [-0.4, -0.2) is 39.3 Å². The Hall–Kier alpha value is -1.43. The van der Waals surface area contributed by atoms with Gasteiger partial charge in [-0.1, -0.05) is 35.8 Å². The van der Waals surface area contributed by atoms with E-state index in [1.807, 2.05) is 24.3 Å². The minimum absolute atomic E-state index is 0.162. The Morgan fingerprint density at radius 1 is 1.45 bits per heavy atom. The van der Waals surface area contributed by atoms with Crippen molar-refractivity contribution >= 4 is 11.6 Å². The largest absolute Gasteiger partial charge is 0.395 e. The van der Waals surface area contributed by atoms with Crippen LogP contribution in [0.5, 0.6) is 0 Å². The molecular weight excluding hydrogens is 302 g/mol. The number of halogens is 1. The zero-order chi connectivity index (χ0) is 15.5. The predicted molar refractivity (Wildman–Crippen MR) is 84.4 cm³/mol. The molecule has 1 aromatic heterocycles. The van der Waals surface area contributed by atoms with Gasteiger partial charge in [-0.15, -0.1) is 0 Å². The van der Waals surface area contributed by atoms with E-state index in [1.165, 1.54) is 0 Å². The lowest BCUT2D eigenvalue weighted by molar-refractivity contribution is 0.0400. The second kappa shape index (κ2) is 6.77. The molecule has 118 valence electrons. The highest BCUT2D eigenvalue weighted by atomic mass is 35.5. The van der Waals surface area contributed by atoms with Crippen LogP contribution in [0.4, 0.5) is 0 Å². The van der Waals surface area contributed by atoms with Crippen LogP contribution in [-0.2, 0) is 6.54 Å². The summed E-state index contributed by atoms with van der Waals surface area (Å²) < 4.78 is 5.36. The van der Waals surface area contributed by atoms with Crippen molar-refractivity contribution in [3.05, 3.63) is 35.2 Å². The van der Waals surface area contributed by atoms with Gasteiger partial charge in [-0.2, -0.15) is 4.98 Å². The molecule has 1 aromatic carbocycles. The number of rotatable bonds is 4. The molecule has 0 radical (unpaired) electrons. The average Bonchev–Trinajstić information content (AvgIpc) is 2.96. The van der Waals surface area contributed by atoms with Gasteiger partial charge in [0.25, 0.3) is 0 Å². The van der Waals surface area contributed by atoms with Crippen molar-refractivity contribution in [2.24, 2.45) is 5.92 Å². The predicted octanol–water partition coefficient (Wildman–Crippen LogP) is 2.98. The molecule has 3 rings (SSSR count). The zero-order valence-electron chi connectivity index (χ0n) is 12.6. The van der Waals surface area contributed by atoms with E-state index in [0.29, 0.717) is 29.2 Å². The van der Waals surface area contributed by atoms with Gasteiger partial charge in [0.1, 0.15) is 0 Å². The van der Waals surface area contributed by atoms with Crippen LogP contribution in [0, 0.1) is 5.92 Å². The molecule has 6 heteroatoms. The van der Waals surface area contributed by atoms with Gasteiger partial charge in [0.05, 0.1) is 13.2 Å². The van der Waals surface area contributed by atoms with Crippen LogP contribution in [0.3, 0.4) is 0 Å². The normalized spacial score (nSPS) is 22.9. The van der Waals surface area contributed by atoms with E-state index >= 15 is 0 Å². The van der Waals surface area contributed by atoms with E-state index in [0.717, 1.165) is 24.9 Å². The summed E-state index contributed by atoms with van der Waals surface area (Å²) in [5.41, 5.74) is 0.841. The Balaban J connectivity index is 1.74. The van der Waals surface area contributed by atoms with Gasteiger partial charge in [0, 0.05) is 16.6 Å². The number of aliphatic hydroxyl groups excluding tert-OH is 1. The minimum Gasteiger partial charge on any atom is -0.395 e. The summed E-state index contributed by atoms with van der Waals surface area (Å²) in [6.45, 7) is 3.86. The highest BCUT2D eigenvalue weighted by Gasteiger charge is 2.29. The lowest BCUT2D eigenvalue weighted by Crippen LogP contribution is -2.46. The highest BCUT2D eigenvalue weighted by Crippen LogP contribution is 2.25. The molecular formula is C16H20ClN3O2. The van der Waals surface area contributed by atoms with Gasteiger partial charge in [-0.25, -0.2) is 0 Å². The van der Waals surface area contributed by atoms with Crippen molar-refractivity contribution in [2.45, 2.75) is 32.4 Å². The summed E-state index contributed by atoms with van der Waals surface area (Å²) in [5, 5.41) is 14.3. The van der Waals surface area contributed by atoms with E-state index in [1.54, 1.807) is 0 Å². The third-order valence-corrected chi connectivity index (χ3v) is 4.54. The lowest BCUT2D eigenvalue weighted by atomic mass is 9.91. The number of aromatic nitrogens is 2. The van der Waals surface area contributed by atoms with Crippen molar-refractivity contribution < 1.29 is 9.63 Å². The molecule has 22 heavy (non-hydrogen) atoms. The molecule has 2 heterocycles. The maximum Gasteiger partial charge on any atom is 0.241 e. The monoisotopic (exact) mass is 321 g/mol. The molecule has 1 aliphatic rings. The van der Waals surface area contributed by atoms with Crippen molar-refractivity contribution in [3.63, 3.8) is 0 Å². The summed E-state index contributed by atoms with van der Waals surface area (Å²) in [7, 11) is 0. The third-order valence-electron chi connectivity index (χ3n) is 4.31. The summed E-state index contributed by atoms with van der Waals surface area (Å²) in [6.07, 6.45) is 2.28. The SMILES string of the molecule is CC1CCCN(Cc2nc(-c3cccc(Cl)c3)no2)C1CO. The smallest absolute Gasteiger partial charge is 0.241 e. The fourth-order valence-corrected chi connectivity index (χ4v) is 3.25. The van der Waals surface area contributed by atoms with E-state index in [-0.39, 0.29) is 12.6 Å². The van der Waals surface area contributed by atoms with Crippen LogP contribution in [0.15, 0.2) is 28.8 Å². The maximum absolute atomic E-state index is 9.60. The molecule has 0 bridgehead atoms. The number of hydrogen-bond donors (Lipinski definition) is 1. The van der Waals surface area contributed by atoms with Gasteiger partial charge < -0.3 is 9.63 Å². The van der Waals surface area contributed by atoms with Gasteiger partial charge >= 0.3 is 0 Å². The van der Waals surface area contributed by atoms with E-state index in [2.05, 4.69) is 22.0 Å². The first kappa shape index (κ1) is 15.5. The van der Waals surface area contributed by atoms with Gasteiger partial charge in [-0.05, 0) is 37.4 Å². The van der Waals surface area contributed by atoms with E-state index in [9.17, 15) is 5.11 Å². The summed E-state index contributed by atoms with van der Waals surface area (Å²) in [4.78, 5) is 6.68. The Morgan fingerprint density at radius 2 is 2.32 bits per heavy atom. The average molecular weight is 322 g/mol. The number of piperidine rings is 1. The molecule has 0 saturated carbocycles. The minimum atomic E-state index is 0.162. The van der Waals surface area contributed by atoms with Crippen LogP contribution in [0.25, 0.3) is 11.4 Å². The standard InChI is InChI=1S/C16H20ClN3O2/c1-11-4-3-7-20(14(11)10-21)9-15-18-16(19-22-15)12-5-2-6-13(17)8-12/h2,5-6,8,11,14,21H,3-4,7,9-10H2,1H3. The highest BCUT2D eigenvalue weighted by molar-refractivity contribution is 6.30. The van der Waals surface area contributed by atoms with Crippen LogP contribution < -0.4 is 0 Å². The molecule has 1 N–H and O–H groups in total. The van der Waals surface area contributed by atoms with Crippen molar-refractivity contribution in [1.82, 2.24) is 15.0 Å². The van der Waals surface area contributed by atoms with Crippen molar-refractivity contribution in [2.75, 3.05) is 13.2 Å². The Morgan fingerprint density at radius 3 is 3.09 bits per heavy atom. The fourth-order valence-electron chi connectivity index (χ4n) is 3.06. The second-order valence-corrected chi connectivity index (χ2v) is 6.30. The molecule has 5 nitrogen and oxygen atoms in total. The topological polar surface area (TPSA) is 62.4 Å². The first-order valence-corrected chi connectivity index (χ1v) is 7.98. The molecule has 1 saturated heterocycles. The second-order valence-electron chi connectivity index (χ2n) is 5.86. The molecule has 1 aliphatic heterocycles. The first-order chi connectivity index (χ1) is 10.7. The number of benzene rings is 1. The quantitative estimate of drug-likeness (QED) is 0.938. The number of aliphatic hydroxyl groups is 1. The zero-order valence-corrected chi connectivity index (χ0v) is 13.3.